The van der Waals surface area contributed by atoms with Crippen LogP contribution in [0.1, 0.15) is 40.7 Å². The molecule has 37 heavy (non-hydrogen) atoms. The van der Waals surface area contributed by atoms with Crippen LogP contribution in [0.2, 0.25) is 0 Å². The molecule has 0 aliphatic carbocycles. The Bertz CT molecular complexity index is 1430. The number of aryl methyl sites for hydroxylation is 2. The molecule has 3 rings (SSSR count). The number of hydrogen-bond acceptors (Lipinski definition) is 9. The number of hydroxylamine groups is 1. The Morgan fingerprint density at radius 2 is 1.81 bits per heavy atom. The lowest BCUT2D eigenvalue weighted by atomic mass is 10.1. The number of sulfonamides is 1. The molecule has 0 saturated carbocycles. The first-order chi connectivity index (χ1) is 17.5. The van der Waals surface area contributed by atoms with Crippen LogP contribution in [0.5, 0.6) is 0 Å². The van der Waals surface area contributed by atoms with Gasteiger partial charge in [-0.25, -0.2) is 28.8 Å². The first-order valence-electron chi connectivity index (χ1n) is 11.3. The largest absolute Gasteiger partial charge is 0.353 e. The van der Waals surface area contributed by atoms with Crippen molar-refractivity contribution < 1.29 is 18.0 Å². The number of nitrogens with one attached hydrogen (secondary N) is 3. The topological polar surface area (TPSA) is 138 Å². The van der Waals surface area contributed by atoms with Crippen LogP contribution in [0.25, 0.3) is 0 Å². The number of amides is 1. The molecule has 12 heteroatoms. The highest BCUT2D eigenvalue weighted by Crippen LogP contribution is 2.33. The van der Waals surface area contributed by atoms with Crippen molar-refractivity contribution in [2.45, 2.75) is 27.2 Å². The van der Waals surface area contributed by atoms with Gasteiger partial charge in [0.15, 0.2) is 0 Å². The second-order valence-electron chi connectivity index (χ2n) is 8.23. The van der Waals surface area contributed by atoms with Gasteiger partial charge in [-0.1, -0.05) is 12.8 Å². The van der Waals surface area contributed by atoms with E-state index in [4.69, 9.17) is 11.3 Å². The van der Waals surface area contributed by atoms with E-state index >= 15 is 0 Å². The third-order valence-electron chi connectivity index (χ3n) is 5.11. The SMILES string of the molecule is C#Cc1ccc(Nc2cc(Nc3nc(C)cc(C)n3)ncc2C(=O)NOCCC)c(N(C)S(C)(=O)=O)c1. The van der Waals surface area contributed by atoms with Gasteiger partial charge in [-0.2, -0.15) is 0 Å². The monoisotopic (exact) mass is 523 g/mol. The number of aromatic nitrogens is 3. The van der Waals surface area contributed by atoms with Gasteiger partial charge in [-0.3, -0.25) is 13.9 Å². The molecular formula is C25H29N7O4S. The van der Waals surface area contributed by atoms with Crippen molar-refractivity contribution in [3.63, 3.8) is 0 Å². The van der Waals surface area contributed by atoms with Crippen molar-refractivity contribution in [3.8, 4) is 12.3 Å². The van der Waals surface area contributed by atoms with Gasteiger partial charge in [0.05, 0.1) is 35.5 Å². The second kappa shape index (κ2) is 11.7. The quantitative estimate of drug-likeness (QED) is 0.207. The van der Waals surface area contributed by atoms with Crippen molar-refractivity contribution >= 4 is 44.8 Å². The molecule has 0 atom stereocenters. The van der Waals surface area contributed by atoms with E-state index in [9.17, 15) is 13.2 Å². The first kappa shape index (κ1) is 27.4. The third kappa shape index (κ3) is 7.16. The summed E-state index contributed by atoms with van der Waals surface area (Å²) in [5, 5.41) is 6.19. The zero-order valence-electron chi connectivity index (χ0n) is 21.3. The fraction of sp³-hybridized carbons (Fsp3) is 0.280. The van der Waals surface area contributed by atoms with Gasteiger partial charge >= 0.3 is 0 Å². The number of pyridine rings is 1. The molecule has 0 radical (unpaired) electrons. The summed E-state index contributed by atoms with van der Waals surface area (Å²) in [6.07, 6.45) is 8.70. The van der Waals surface area contributed by atoms with Crippen molar-refractivity contribution in [1.82, 2.24) is 20.4 Å². The number of terminal acetylenes is 1. The van der Waals surface area contributed by atoms with Crippen LogP contribution in [-0.4, -0.2) is 49.2 Å². The van der Waals surface area contributed by atoms with E-state index in [0.717, 1.165) is 21.9 Å². The van der Waals surface area contributed by atoms with E-state index in [0.29, 0.717) is 47.4 Å². The molecule has 3 aromatic rings. The van der Waals surface area contributed by atoms with Crippen molar-refractivity contribution in [2.24, 2.45) is 0 Å². The highest BCUT2D eigenvalue weighted by Gasteiger charge is 2.20. The van der Waals surface area contributed by atoms with Crippen molar-refractivity contribution in [1.29, 1.82) is 0 Å². The van der Waals surface area contributed by atoms with E-state index in [-0.39, 0.29) is 5.56 Å². The van der Waals surface area contributed by atoms with Gasteiger partial charge in [0, 0.05) is 36.3 Å². The average molecular weight is 524 g/mol. The summed E-state index contributed by atoms with van der Waals surface area (Å²) in [5.41, 5.74) is 5.63. The molecular weight excluding hydrogens is 494 g/mol. The predicted octanol–water partition coefficient (Wildman–Crippen LogP) is 3.42. The van der Waals surface area contributed by atoms with Crippen molar-refractivity contribution in [2.75, 3.05) is 34.8 Å². The fourth-order valence-electron chi connectivity index (χ4n) is 3.29. The molecule has 1 aromatic carbocycles. The highest BCUT2D eigenvalue weighted by atomic mass is 32.2. The Balaban J connectivity index is 2.07. The van der Waals surface area contributed by atoms with Gasteiger partial charge in [0.25, 0.3) is 5.91 Å². The van der Waals surface area contributed by atoms with Gasteiger partial charge in [-0.15, -0.1) is 6.42 Å². The predicted molar refractivity (Wildman–Crippen MR) is 144 cm³/mol. The minimum absolute atomic E-state index is 0.164. The van der Waals surface area contributed by atoms with E-state index < -0.39 is 15.9 Å². The average Bonchev–Trinajstić information content (AvgIpc) is 2.83. The summed E-state index contributed by atoms with van der Waals surface area (Å²) < 4.78 is 25.7. The molecule has 0 fully saturated rings. The van der Waals surface area contributed by atoms with Crippen LogP contribution in [-0.2, 0) is 14.9 Å². The van der Waals surface area contributed by atoms with Gasteiger partial charge in [0.1, 0.15) is 5.82 Å². The number of nitrogens with zero attached hydrogens (tertiary/aromatic N) is 4. The van der Waals surface area contributed by atoms with Crippen LogP contribution < -0.4 is 20.4 Å². The van der Waals surface area contributed by atoms with E-state index in [1.807, 2.05) is 26.8 Å². The molecule has 194 valence electrons. The van der Waals surface area contributed by atoms with E-state index in [2.05, 4.69) is 37.0 Å². The van der Waals surface area contributed by atoms with Crippen LogP contribution >= 0.6 is 0 Å². The maximum atomic E-state index is 12.9. The minimum atomic E-state index is -3.61. The third-order valence-corrected chi connectivity index (χ3v) is 6.30. The van der Waals surface area contributed by atoms with Crippen LogP contribution in [0.4, 0.5) is 28.8 Å². The first-order valence-corrected chi connectivity index (χ1v) is 13.2. The van der Waals surface area contributed by atoms with E-state index in [1.165, 1.54) is 13.2 Å². The molecule has 0 aliphatic heterocycles. The van der Waals surface area contributed by atoms with Crippen molar-refractivity contribution in [3.05, 3.63) is 59.0 Å². The Hall–Kier alpha value is -4.21. The number of hydrogen-bond donors (Lipinski definition) is 3. The van der Waals surface area contributed by atoms with Gasteiger partial charge in [-0.05, 0) is 44.5 Å². The Morgan fingerprint density at radius 3 is 2.43 bits per heavy atom. The summed E-state index contributed by atoms with van der Waals surface area (Å²) in [5.74, 6) is 2.67. The standard InChI is InChI=1S/C25H29N7O4S/c1-7-11-36-31-24(33)19-15-26-23(30-25-27-16(3)12-17(4)28-25)14-21(19)29-20-10-9-18(8-2)13-22(20)32(5)37(6,34)35/h2,9-10,12-15H,7,11H2,1,3-6H3,(H,31,33)(H2,26,27,28,29,30). The summed E-state index contributed by atoms with van der Waals surface area (Å²) >= 11 is 0. The molecule has 2 aromatic heterocycles. The maximum absolute atomic E-state index is 12.9. The number of benzene rings is 1. The van der Waals surface area contributed by atoms with Crippen LogP contribution in [0.3, 0.4) is 0 Å². The van der Waals surface area contributed by atoms with Gasteiger partial charge in [0.2, 0.25) is 16.0 Å². The number of rotatable bonds is 10. The summed E-state index contributed by atoms with van der Waals surface area (Å²) in [6, 6.07) is 8.30. The van der Waals surface area contributed by atoms with E-state index in [1.54, 1.807) is 24.3 Å². The zero-order valence-corrected chi connectivity index (χ0v) is 22.1. The van der Waals surface area contributed by atoms with Crippen LogP contribution in [0.15, 0.2) is 36.5 Å². The number of carbonyl (C=O) groups excluding carboxylic acids is 1. The summed E-state index contributed by atoms with van der Waals surface area (Å²) in [7, 11) is -2.19. The Kier molecular flexibility index (Phi) is 8.65. The molecule has 0 aliphatic rings. The smallest absolute Gasteiger partial charge is 0.278 e. The molecule has 11 nitrogen and oxygen atoms in total. The molecule has 0 unspecified atom stereocenters. The maximum Gasteiger partial charge on any atom is 0.278 e. The van der Waals surface area contributed by atoms with Gasteiger partial charge < -0.3 is 10.6 Å². The Morgan fingerprint density at radius 1 is 1.11 bits per heavy atom. The zero-order chi connectivity index (χ0) is 27.2. The fourth-order valence-corrected chi connectivity index (χ4v) is 3.80. The molecule has 0 bridgehead atoms. The Labute approximate surface area is 216 Å². The molecule has 0 spiro atoms. The summed E-state index contributed by atoms with van der Waals surface area (Å²) in [6.45, 7) is 5.95. The highest BCUT2D eigenvalue weighted by molar-refractivity contribution is 7.92. The molecule has 0 saturated heterocycles. The lowest BCUT2D eigenvalue weighted by Gasteiger charge is -2.22. The summed E-state index contributed by atoms with van der Waals surface area (Å²) in [4.78, 5) is 31.1. The number of anilines is 5. The molecule has 3 N–H and O–H groups in total. The molecule has 2 heterocycles. The number of carbonyl (C=O) groups is 1. The minimum Gasteiger partial charge on any atom is -0.353 e. The lowest BCUT2D eigenvalue weighted by Crippen LogP contribution is -2.26. The van der Waals surface area contributed by atoms with Crippen LogP contribution in [0, 0.1) is 26.2 Å². The normalized spacial score (nSPS) is 10.9. The lowest BCUT2D eigenvalue weighted by molar-refractivity contribution is 0.0315. The molecule has 1 amide bonds. The second-order valence-corrected chi connectivity index (χ2v) is 10.2.